The van der Waals surface area contributed by atoms with Crippen molar-refractivity contribution in [1.29, 1.82) is 0 Å². The van der Waals surface area contributed by atoms with Gasteiger partial charge in [-0.2, -0.15) is 0 Å². The second kappa shape index (κ2) is 12.0. The highest BCUT2D eigenvalue weighted by atomic mass is 16.4. The number of amides is 2. The van der Waals surface area contributed by atoms with E-state index in [1.165, 1.54) is 0 Å². The molecule has 0 spiro atoms. The fourth-order valence-corrected chi connectivity index (χ4v) is 4.87. The molecule has 0 radical (unpaired) electrons. The van der Waals surface area contributed by atoms with Gasteiger partial charge in [-0.25, -0.2) is 14.4 Å². The SMILES string of the molecule is CC1=C(C(=O)O)C(c2cccc(NC(=O)NCCCN3CCN(C(C)C)CC3)c2)C(C(=O)O)=C(C)N1. The number of aliphatic carboxylic acids is 2. The lowest BCUT2D eigenvalue weighted by atomic mass is 9.80. The number of carboxylic acid groups (broad SMARTS) is 2. The Bertz CT molecular complexity index is 1020. The summed E-state index contributed by atoms with van der Waals surface area (Å²) in [7, 11) is 0. The zero-order valence-electron chi connectivity index (χ0n) is 21.4. The molecule has 2 aliphatic heterocycles. The zero-order valence-corrected chi connectivity index (χ0v) is 21.4. The van der Waals surface area contributed by atoms with Crippen LogP contribution in [0.2, 0.25) is 0 Å². The summed E-state index contributed by atoms with van der Waals surface area (Å²) < 4.78 is 0. The molecule has 5 N–H and O–H groups in total. The van der Waals surface area contributed by atoms with E-state index in [0.29, 0.717) is 35.2 Å². The predicted octanol–water partition coefficient (Wildman–Crippen LogP) is 2.63. The molecule has 2 heterocycles. The van der Waals surface area contributed by atoms with Gasteiger partial charge in [-0.05, 0) is 58.4 Å². The van der Waals surface area contributed by atoms with Gasteiger partial charge in [0.05, 0.1) is 17.1 Å². The molecule has 1 fully saturated rings. The summed E-state index contributed by atoms with van der Waals surface area (Å²) >= 11 is 0. The fourth-order valence-electron chi connectivity index (χ4n) is 4.87. The minimum Gasteiger partial charge on any atom is -0.478 e. The largest absolute Gasteiger partial charge is 0.478 e. The molecule has 0 bridgehead atoms. The maximum absolute atomic E-state index is 12.5. The van der Waals surface area contributed by atoms with Crippen molar-refractivity contribution in [1.82, 2.24) is 20.4 Å². The van der Waals surface area contributed by atoms with Crippen molar-refractivity contribution in [3.63, 3.8) is 0 Å². The first-order chi connectivity index (χ1) is 17.1. The summed E-state index contributed by atoms with van der Waals surface area (Å²) in [5, 5.41) is 28.1. The first-order valence-corrected chi connectivity index (χ1v) is 12.3. The molecule has 0 atom stereocenters. The van der Waals surface area contributed by atoms with Crippen LogP contribution in [0.1, 0.15) is 45.6 Å². The molecule has 1 aromatic rings. The van der Waals surface area contributed by atoms with Crippen LogP contribution in [0, 0.1) is 0 Å². The number of carboxylic acids is 2. The van der Waals surface area contributed by atoms with Crippen molar-refractivity contribution in [3.05, 3.63) is 52.4 Å². The number of hydrogen-bond donors (Lipinski definition) is 5. The van der Waals surface area contributed by atoms with E-state index < -0.39 is 17.9 Å². The van der Waals surface area contributed by atoms with Crippen molar-refractivity contribution in [2.24, 2.45) is 0 Å². The molecule has 0 unspecified atom stereocenters. The minimum absolute atomic E-state index is 0.0335. The lowest BCUT2D eigenvalue weighted by Gasteiger charge is -2.36. The molecule has 10 nitrogen and oxygen atoms in total. The first kappa shape index (κ1) is 27.2. The van der Waals surface area contributed by atoms with E-state index in [0.717, 1.165) is 39.1 Å². The summed E-state index contributed by atoms with van der Waals surface area (Å²) in [4.78, 5) is 41.3. The number of piperazine rings is 1. The van der Waals surface area contributed by atoms with Crippen LogP contribution >= 0.6 is 0 Å². The van der Waals surface area contributed by atoms with Gasteiger partial charge < -0.3 is 31.1 Å². The molecule has 10 heteroatoms. The smallest absolute Gasteiger partial charge is 0.334 e. The van der Waals surface area contributed by atoms with Crippen molar-refractivity contribution in [2.75, 3.05) is 44.6 Å². The van der Waals surface area contributed by atoms with Crippen LogP contribution in [-0.4, -0.2) is 83.3 Å². The van der Waals surface area contributed by atoms with Gasteiger partial charge in [0.2, 0.25) is 0 Å². The lowest BCUT2D eigenvalue weighted by Crippen LogP contribution is -2.49. The van der Waals surface area contributed by atoms with Crippen molar-refractivity contribution >= 4 is 23.7 Å². The number of rotatable bonds is 9. The van der Waals surface area contributed by atoms with Crippen LogP contribution < -0.4 is 16.0 Å². The Morgan fingerprint density at radius 1 is 1.03 bits per heavy atom. The third kappa shape index (κ3) is 6.64. The maximum atomic E-state index is 12.5. The van der Waals surface area contributed by atoms with Gasteiger partial charge in [0, 0.05) is 55.8 Å². The topological polar surface area (TPSA) is 134 Å². The third-order valence-corrected chi connectivity index (χ3v) is 6.77. The number of hydrogen-bond acceptors (Lipinski definition) is 6. The highest BCUT2D eigenvalue weighted by Crippen LogP contribution is 2.38. The van der Waals surface area contributed by atoms with Gasteiger partial charge in [0.1, 0.15) is 0 Å². The molecule has 196 valence electrons. The molecule has 0 aliphatic carbocycles. The Labute approximate surface area is 212 Å². The van der Waals surface area contributed by atoms with Gasteiger partial charge in [-0.1, -0.05) is 12.1 Å². The Hall–Kier alpha value is -3.37. The molecule has 2 aliphatic rings. The Morgan fingerprint density at radius 2 is 1.64 bits per heavy atom. The van der Waals surface area contributed by atoms with Crippen LogP contribution in [0.5, 0.6) is 0 Å². The van der Waals surface area contributed by atoms with Crippen LogP contribution in [0.4, 0.5) is 10.5 Å². The number of urea groups is 1. The second-order valence-electron chi connectivity index (χ2n) is 9.58. The molecular formula is C26H37N5O5. The maximum Gasteiger partial charge on any atom is 0.334 e. The summed E-state index contributed by atoms with van der Waals surface area (Å²) in [6.07, 6.45) is 0.836. The van der Waals surface area contributed by atoms with Crippen LogP contribution in [0.15, 0.2) is 46.8 Å². The predicted molar refractivity (Wildman–Crippen MR) is 138 cm³/mol. The molecular weight excluding hydrogens is 462 g/mol. The molecule has 0 aromatic heterocycles. The highest BCUT2D eigenvalue weighted by Gasteiger charge is 2.36. The van der Waals surface area contributed by atoms with E-state index in [2.05, 4.69) is 39.6 Å². The number of carbonyl (C=O) groups excluding carboxylic acids is 1. The van der Waals surface area contributed by atoms with Gasteiger partial charge in [0.15, 0.2) is 0 Å². The second-order valence-corrected chi connectivity index (χ2v) is 9.58. The average Bonchev–Trinajstić information content (AvgIpc) is 2.81. The highest BCUT2D eigenvalue weighted by molar-refractivity contribution is 5.98. The summed E-state index contributed by atoms with van der Waals surface area (Å²) in [6, 6.07) is 6.86. The molecule has 0 saturated carbocycles. The lowest BCUT2D eigenvalue weighted by molar-refractivity contribution is -0.133. The fraction of sp³-hybridized carbons (Fsp3) is 0.500. The summed E-state index contributed by atoms with van der Waals surface area (Å²) in [5.41, 5.74) is 1.64. The number of anilines is 1. The zero-order chi connectivity index (χ0) is 26.4. The van der Waals surface area contributed by atoms with E-state index in [1.807, 2.05) is 0 Å². The molecule has 2 amide bonds. The van der Waals surface area contributed by atoms with Crippen molar-refractivity contribution in [3.8, 4) is 0 Å². The van der Waals surface area contributed by atoms with Gasteiger partial charge in [-0.3, -0.25) is 4.90 Å². The monoisotopic (exact) mass is 499 g/mol. The normalized spacial score (nSPS) is 17.8. The van der Waals surface area contributed by atoms with Crippen LogP contribution in [-0.2, 0) is 9.59 Å². The number of allylic oxidation sites excluding steroid dienone is 2. The van der Waals surface area contributed by atoms with E-state index in [-0.39, 0.29) is 17.2 Å². The Morgan fingerprint density at radius 3 is 2.19 bits per heavy atom. The molecule has 3 rings (SSSR count). The van der Waals surface area contributed by atoms with Gasteiger partial charge in [-0.15, -0.1) is 0 Å². The van der Waals surface area contributed by atoms with E-state index in [4.69, 9.17) is 0 Å². The average molecular weight is 500 g/mol. The quantitative estimate of drug-likeness (QED) is 0.328. The summed E-state index contributed by atoms with van der Waals surface area (Å²) in [5.74, 6) is -3.36. The third-order valence-electron chi connectivity index (χ3n) is 6.77. The van der Waals surface area contributed by atoms with Crippen LogP contribution in [0.25, 0.3) is 0 Å². The van der Waals surface area contributed by atoms with E-state index >= 15 is 0 Å². The van der Waals surface area contributed by atoms with Gasteiger partial charge >= 0.3 is 18.0 Å². The van der Waals surface area contributed by atoms with Crippen molar-refractivity contribution < 1.29 is 24.6 Å². The number of dihydropyridines is 1. The first-order valence-electron chi connectivity index (χ1n) is 12.3. The Balaban J connectivity index is 1.59. The standard InChI is InChI=1S/C26H37N5O5/c1-16(2)31-13-11-30(12-14-31)10-6-9-27-26(36)29-20-8-5-7-19(15-20)23-21(24(32)33)17(3)28-18(4)22(23)25(34)35/h5,7-8,15-16,23,28H,6,9-14H2,1-4H3,(H,32,33)(H,34,35)(H2,27,29,36). The molecule has 1 aromatic carbocycles. The minimum atomic E-state index is -1.20. The Kier molecular flexibility index (Phi) is 9.11. The number of nitrogens with one attached hydrogen (secondary N) is 3. The van der Waals surface area contributed by atoms with E-state index in [1.54, 1.807) is 38.1 Å². The van der Waals surface area contributed by atoms with Crippen LogP contribution in [0.3, 0.4) is 0 Å². The van der Waals surface area contributed by atoms with Crippen molar-refractivity contribution in [2.45, 2.75) is 46.1 Å². The van der Waals surface area contributed by atoms with Gasteiger partial charge in [0.25, 0.3) is 0 Å². The van der Waals surface area contributed by atoms with E-state index in [9.17, 15) is 24.6 Å². The molecule has 1 saturated heterocycles. The number of carbonyl (C=O) groups is 3. The number of benzene rings is 1. The molecule has 36 heavy (non-hydrogen) atoms. The summed E-state index contributed by atoms with van der Waals surface area (Å²) in [6.45, 7) is 13.3. The number of nitrogens with zero attached hydrogens (tertiary/aromatic N) is 2.